The molecule has 5 rings (SSSR count). The van der Waals surface area contributed by atoms with Gasteiger partial charge in [0.25, 0.3) is 0 Å². The van der Waals surface area contributed by atoms with E-state index in [4.69, 9.17) is 4.74 Å². The molecule has 0 spiro atoms. The van der Waals surface area contributed by atoms with Gasteiger partial charge < -0.3 is 9.47 Å². The van der Waals surface area contributed by atoms with Gasteiger partial charge >= 0.3 is 12.3 Å². The summed E-state index contributed by atoms with van der Waals surface area (Å²) in [5, 5.41) is 0.130. The minimum Gasteiger partial charge on any atom is -0.429 e. The predicted molar refractivity (Wildman–Crippen MR) is 128 cm³/mol. The molecule has 13 heteroatoms. The Bertz CT molecular complexity index is 1530. The third-order valence-corrected chi connectivity index (χ3v) is 7.48. The lowest BCUT2D eigenvalue weighted by molar-refractivity contribution is -0.189. The fourth-order valence-electron chi connectivity index (χ4n) is 4.46. The Balaban J connectivity index is 1.42. The number of aromatic nitrogens is 1. The summed E-state index contributed by atoms with van der Waals surface area (Å²) in [7, 11) is 0. The second kappa shape index (κ2) is 10.3. The van der Waals surface area contributed by atoms with Crippen molar-refractivity contribution in [2.75, 3.05) is 6.61 Å². The van der Waals surface area contributed by atoms with Crippen molar-refractivity contribution in [2.24, 2.45) is 5.92 Å². The first-order valence-corrected chi connectivity index (χ1v) is 12.7. The fourth-order valence-corrected chi connectivity index (χ4v) is 5.47. The molecule has 2 atom stereocenters. The Morgan fingerprint density at radius 3 is 2.05 bits per heavy atom. The number of hydrogen-bond donors (Lipinski definition) is 0. The number of benzene rings is 3. The first-order valence-electron chi connectivity index (χ1n) is 11.9. The van der Waals surface area contributed by atoms with Crippen LogP contribution >= 0.6 is 11.3 Å². The van der Waals surface area contributed by atoms with Gasteiger partial charge in [-0.05, 0) is 48.6 Å². The Labute approximate surface area is 225 Å². The highest BCUT2D eigenvalue weighted by molar-refractivity contribution is 7.21. The smallest absolute Gasteiger partial charge is 0.429 e. The molecule has 1 saturated heterocycles. The molecule has 0 radical (unpaired) electrons. The van der Waals surface area contributed by atoms with Crippen molar-refractivity contribution in [3.05, 3.63) is 82.4 Å². The van der Waals surface area contributed by atoms with Gasteiger partial charge in [0, 0.05) is 24.3 Å². The Morgan fingerprint density at radius 1 is 0.850 bits per heavy atom. The Morgan fingerprint density at radius 2 is 1.48 bits per heavy atom. The number of nitrogens with zero attached hydrogens (tertiary/aromatic N) is 1. The van der Waals surface area contributed by atoms with Gasteiger partial charge in [0.1, 0.15) is 45.2 Å². The van der Waals surface area contributed by atoms with Gasteiger partial charge in [-0.25, -0.2) is 22.5 Å². The monoisotopic (exact) mass is 591 g/mol. The molecule has 40 heavy (non-hydrogen) atoms. The van der Waals surface area contributed by atoms with Crippen molar-refractivity contribution in [1.82, 2.24) is 4.98 Å². The normalized spacial score (nSPS) is 18.4. The van der Waals surface area contributed by atoms with Crippen LogP contribution in [0.5, 0.6) is 5.75 Å². The van der Waals surface area contributed by atoms with Crippen LogP contribution in [0.25, 0.3) is 20.8 Å². The molecular weight excluding hydrogens is 573 g/mol. The van der Waals surface area contributed by atoms with Gasteiger partial charge in [-0.3, -0.25) is 0 Å². The number of fused-ring (bicyclic) bond motifs is 1. The van der Waals surface area contributed by atoms with Crippen LogP contribution < -0.4 is 4.74 Å². The molecule has 4 aromatic rings. The lowest BCUT2D eigenvalue weighted by Gasteiger charge is -2.27. The summed E-state index contributed by atoms with van der Waals surface area (Å²) in [5.74, 6) is -8.96. The maximum absolute atomic E-state index is 14.8. The first-order chi connectivity index (χ1) is 18.7. The average Bonchev–Trinajstić information content (AvgIpc) is 3.26. The molecule has 2 heterocycles. The van der Waals surface area contributed by atoms with Gasteiger partial charge in [-0.1, -0.05) is 13.0 Å². The van der Waals surface area contributed by atoms with Gasteiger partial charge in [0.2, 0.25) is 0 Å². The molecule has 1 aromatic heterocycles. The van der Waals surface area contributed by atoms with Crippen LogP contribution in [0.4, 0.5) is 39.5 Å². The summed E-state index contributed by atoms with van der Waals surface area (Å²) < 4.78 is 135. The molecule has 3 aromatic carbocycles. The lowest BCUT2D eigenvalue weighted by atomic mass is 9.96. The second-order valence-corrected chi connectivity index (χ2v) is 10.5. The third kappa shape index (κ3) is 5.49. The van der Waals surface area contributed by atoms with E-state index in [2.05, 4.69) is 16.6 Å². The van der Waals surface area contributed by atoms with Crippen molar-refractivity contribution in [1.29, 1.82) is 0 Å². The standard InChI is InChI=1S/C27H18F9NO2S/c1-12-2-5-21(38-11-12)13-3-4-20-22(8-13)40-25(37-20)14-6-16(28)24(17(29)7-14)27(35,36)39-15-9-18(30)23(19(31)10-15)26(32,33)34/h3-4,6-10,12,21H,2,5,11H2,1H3. The van der Waals surface area contributed by atoms with E-state index in [-0.39, 0.29) is 28.8 Å². The maximum atomic E-state index is 14.8. The Hall–Kier alpha value is -3.32. The highest BCUT2D eigenvalue weighted by Crippen LogP contribution is 2.41. The molecule has 0 saturated carbocycles. The average molecular weight is 591 g/mol. The number of ether oxygens (including phenoxy) is 2. The molecule has 0 aliphatic carbocycles. The van der Waals surface area contributed by atoms with E-state index in [1.54, 1.807) is 6.07 Å². The minimum atomic E-state index is -5.45. The summed E-state index contributed by atoms with van der Waals surface area (Å²) in [6.45, 7) is 2.72. The summed E-state index contributed by atoms with van der Waals surface area (Å²) >= 11 is 1.07. The molecule has 1 aliphatic rings. The van der Waals surface area contributed by atoms with E-state index in [9.17, 15) is 39.5 Å². The highest BCUT2D eigenvalue weighted by Gasteiger charge is 2.43. The van der Waals surface area contributed by atoms with Gasteiger partial charge in [-0.2, -0.15) is 22.0 Å². The minimum absolute atomic E-state index is 0.103. The van der Waals surface area contributed by atoms with Crippen molar-refractivity contribution < 1.29 is 49.0 Å². The number of halogens is 9. The summed E-state index contributed by atoms with van der Waals surface area (Å²) in [6, 6.07) is 6.28. The van der Waals surface area contributed by atoms with Crippen LogP contribution in [-0.4, -0.2) is 11.6 Å². The lowest BCUT2D eigenvalue weighted by Crippen LogP contribution is -2.25. The third-order valence-electron chi connectivity index (χ3n) is 6.41. The maximum Gasteiger partial charge on any atom is 0.432 e. The zero-order valence-corrected chi connectivity index (χ0v) is 21.2. The quantitative estimate of drug-likeness (QED) is 0.217. The molecule has 1 fully saturated rings. The number of rotatable bonds is 5. The number of thiazole rings is 1. The van der Waals surface area contributed by atoms with E-state index in [0.29, 0.717) is 34.9 Å². The van der Waals surface area contributed by atoms with E-state index < -0.39 is 52.4 Å². The van der Waals surface area contributed by atoms with E-state index in [1.807, 2.05) is 12.1 Å². The first kappa shape index (κ1) is 28.2. The van der Waals surface area contributed by atoms with Crippen LogP contribution in [0, 0.1) is 29.2 Å². The van der Waals surface area contributed by atoms with E-state index in [1.165, 1.54) is 0 Å². The molecule has 3 nitrogen and oxygen atoms in total. The zero-order valence-electron chi connectivity index (χ0n) is 20.4. The molecule has 0 N–H and O–H groups in total. The highest BCUT2D eigenvalue weighted by atomic mass is 32.1. The molecule has 0 amide bonds. The Kier molecular flexibility index (Phi) is 7.24. The van der Waals surface area contributed by atoms with Crippen molar-refractivity contribution in [2.45, 2.75) is 38.2 Å². The largest absolute Gasteiger partial charge is 0.432 e. The fraction of sp³-hybridized carbons (Fsp3) is 0.296. The number of hydrogen-bond acceptors (Lipinski definition) is 4. The van der Waals surface area contributed by atoms with E-state index >= 15 is 0 Å². The topological polar surface area (TPSA) is 31.4 Å². The van der Waals surface area contributed by atoms with Crippen LogP contribution in [0.3, 0.4) is 0 Å². The SMILES string of the molecule is CC1CCC(c2ccc3nc(-c4cc(F)c(C(F)(F)Oc5cc(F)c(C(F)(F)F)c(F)c5)c(F)c4)sc3c2)OC1. The van der Waals surface area contributed by atoms with Crippen molar-refractivity contribution in [3.8, 4) is 16.3 Å². The van der Waals surface area contributed by atoms with Crippen LogP contribution in [0.2, 0.25) is 0 Å². The number of alkyl halides is 5. The summed E-state index contributed by atoms with van der Waals surface area (Å²) in [5.41, 5.74) is -2.96. The van der Waals surface area contributed by atoms with Crippen LogP contribution in [0.1, 0.15) is 42.6 Å². The molecular formula is C27H18F9NO2S. The molecule has 2 unspecified atom stereocenters. The van der Waals surface area contributed by atoms with Crippen LogP contribution in [0.15, 0.2) is 42.5 Å². The predicted octanol–water partition coefficient (Wildman–Crippen LogP) is 9.15. The van der Waals surface area contributed by atoms with Crippen LogP contribution in [-0.2, 0) is 17.0 Å². The summed E-state index contributed by atoms with van der Waals surface area (Å²) in [4.78, 5) is 4.32. The second-order valence-electron chi connectivity index (χ2n) is 9.44. The molecule has 212 valence electrons. The summed E-state index contributed by atoms with van der Waals surface area (Å²) in [6.07, 6.45) is -8.56. The van der Waals surface area contributed by atoms with E-state index in [0.717, 1.165) is 29.7 Å². The van der Waals surface area contributed by atoms with Crippen molar-refractivity contribution in [3.63, 3.8) is 0 Å². The molecule has 1 aliphatic heterocycles. The molecule has 0 bridgehead atoms. The van der Waals surface area contributed by atoms with Crippen molar-refractivity contribution >= 4 is 21.6 Å². The van der Waals surface area contributed by atoms with Gasteiger partial charge in [-0.15, -0.1) is 11.3 Å². The van der Waals surface area contributed by atoms with Gasteiger partial charge in [0.15, 0.2) is 0 Å². The zero-order chi connectivity index (χ0) is 29.0. The van der Waals surface area contributed by atoms with Gasteiger partial charge in [0.05, 0.1) is 16.3 Å².